The van der Waals surface area contributed by atoms with Crippen molar-refractivity contribution in [2.45, 2.75) is 26.3 Å². The molecule has 3 aromatic rings. The molecule has 2 amide bonds. The minimum Gasteiger partial charge on any atom is -0.494 e. The lowest BCUT2D eigenvalue weighted by molar-refractivity contribution is 0.194. The van der Waals surface area contributed by atoms with Crippen LogP contribution in [-0.2, 0) is 6.42 Å². The number of amides is 2. The largest absolute Gasteiger partial charge is 0.494 e. The number of anilines is 1. The molecule has 3 aromatic carbocycles. The minimum absolute atomic E-state index is 0.0887. The summed E-state index contributed by atoms with van der Waals surface area (Å²) in [4.78, 5) is 15.2. The highest BCUT2D eigenvalue weighted by Crippen LogP contribution is 2.35. The Morgan fingerprint density at radius 2 is 1.76 bits per heavy atom. The van der Waals surface area contributed by atoms with Gasteiger partial charge in [0.15, 0.2) is 0 Å². The topological polar surface area (TPSA) is 41.6 Å². The van der Waals surface area contributed by atoms with Crippen LogP contribution in [-0.4, -0.2) is 24.1 Å². The smallest absolute Gasteiger partial charge is 0.322 e. The number of hydrogen-bond donors (Lipinski definition) is 1. The summed E-state index contributed by atoms with van der Waals surface area (Å²) in [6, 6.07) is 24.2. The second-order valence-corrected chi connectivity index (χ2v) is 7.34. The van der Waals surface area contributed by atoms with Crippen LogP contribution in [0, 0.1) is 6.92 Å². The zero-order valence-corrected chi connectivity index (χ0v) is 16.9. The molecule has 1 aliphatic heterocycles. The maximum Gasteiger partial charge on any atom is 0.322 e. The lowest BCUT2D eigenvalue weighted by Crippen LogP contribution is -2.43. The normalized spacial score (nSPS) is 15.5. The number of benzene rings is 3. The highest BCUT2D eigenvalue weighted by Gasteiger charge is 2.31. The fraction of sp³-hybridized carbons (Fsp3) is 0.240. The molecule has 1 aliphatic rings. The second-order valence-electron chi connectivity index (χ2n) is 7.34. The van der Waals surface area contributed by atoms with Gasteiger partial charge in [0.05, 0.1) is 12.6 Å². The molecule has 1 N–H and O–H groups in total. The number of carbonyl (C=O) groups excluding carboxylic acids is 1. The first-order valence-corrected chi connectivity index (χ1v) is 10.1. The van der Waals surface area contributed by atoms with Gasteiger partial charge in [-0.15, -0.1) is 0 Å². The fourth-order valence-electron chi connectivity index (χ4n) is 3.89. The molecule has 4 heteroatoms. The van der Waals surface area contributed by atoms with Gasteiger partial charge in [-0.1, -0.05) is 54.1 Å². The van der Waals surface area contributed by atoms with E-state index >= 15 is 0 Å². The molecule has 0 radical (unpaired) electrons. The highest BCUT2D eigenvalue weighted by atomic mass is 16.5. The van der Waals surface area contributed by atoms with E-state index in [1.807, 2.05) is 42.2 Å². The number of urea groups is 1. The van der Waals surface area contributed by atoms with Gasteiger partial charge in [-0.05, 0) is 61.2 Å². The molecule has 29 heavy (non-hydrogen) atoms. The molecule has 0 bridgehead atoms. The van der Waals surface area contributed by atoms with Crippen molar-refractivity contribution in [1.82, 2.24) is 4.90 Å². The Labute approximate surface area is 172 Å². The Balaban J connectivity index is 1.62. The van der Waals surface area contributed by atoms with Gasteiger partial charge in [0, 0.05) is 12.2 Å². The third kappa shape index (κ3) is 4.11. The fourth-order valence-corrected chi connectivity index (χ4v) is 3.89. The van der Waals surface area contributed by atoms with Crippen molar-refractivity contribution in [2.75, 3.05) is 18.5 Å². The molecular formula is C25H26N2O2. The van der Waals surface area contributed by atoms with Crippen LogP contribution in [0.5, 0.6) is 5.75 Å². The van der Waals surface area contributed by atoms with E-state index in [1.165, 1.54) is 16.7 Å². The standard InChI is InChI=1S/C25H26N2O2/c1-3-29-22-14-12-21(13-15-22)26-25(28)27-17-16-19-6-4-5-7-23(19)24(27)20-10-8-18(2)9-11-20/h4-15,24H,3,16-17H2,1-2H3,(H,26,28)/t24-/m0/s1. The van der Waals surface area contributed by atoms with Gasteiger partial charge >= 0.3 is 6.03 Å². The van der Waals surface area contributed by atoms with Crippen molar-refractivity contribution in [3.8, 4) is 5.75 Å². The summed E-state index contributed by atoms with van der Waals surface area (Å²) in [7, 11) is 0. The molecule has 4 nitrogen and oxygen atoms in total. The van der Waals surface area contributed by atoms with E-state index in [2.05, 4.69) is 54.7 Å². The zero-order chi connectivity index (χ0) is 20.2. The van der Waals surface area contributed by atoms with Crippen LogP contribution in [0.25, 0.3) is 0 Å². The van der Waals surface area contributed by atoms with Gasteiger partial charge < -0.3 is 15.0 Å². The van der Waals surface area contributed by atoms with Crippen molar-refractivity contribution in [3.63, 3.8) is 0 Å². The SMILES string of the molecule is CCOc1ccc(NC(=O)N2CCc3ccccc3[C@@H]2c2ccc(C)cc2)cc1. The van der Waals surface area contributed by atoms with Crippen molar-refractivity contribution in [2.24, 2.45) is 0 Å². The van der Waals surface area contributed by atoms with Crippen molar-refractivity contribution in [3.05, 3.63) is 95.1 Å². The van der Waals surface area contributed by atoms with Gasteiger partial charge in [-0.3, -0.25) is 0 Å². The van der Waals surface area contributed by atoms with E-state index in [1.54, 1.807) is 0 Å². The minimum atomic E-state index is -0.0942. The Morgan fingerprint density at radius 1 is 1.03 bits per heavy atom. The number of hydrogen-bond acceptors (Lipinski definition) is 2. The molecule has 0 aliphatic carbocycles. The summed E-state index contributed by atoms with van der Waals surface area (Å²) in [5, 5.41) is 3.05. The first kappa shape index (κ1) is 19.1. The molecule has 1 atom stereocenters. The third-order valence-corrected chi connectivity index (χ3v) is 5.35. The summed E-state index contributed by atoms with van der Waals surface area (Å²) < 4.78 is 5.48. The zero-order valence-electron chi connectivity index (χ0n) is 16.9. The molecular weight excluding hydrogens is 360 g/mol. The molecule has 0 saturated heterocycles. The third-order valence-electron chi connectivity index (χ3n) is 5.35. The van der Waals surface area contributed by atoms with Crippen LogP contribution in [0.4, 0.5) is 10.5 Å². The van der Waals surface area contributed by atoms with Crippen LogP contribution in [0.15, 0.2) is 72.8 Å². The van der Waals surface area contributed by atoms with Crippen LogP contribution < -0.4 is 10.1 Å². The summed E-state index contributed by atoms with van der Waals surface area (Å²) in [6.07, 6.45) is 0.856. The average molecular weight is 386 g/mol. The van der Waals surface area contributed by atoms with Crippen LogP contribution in [0.1, 0.15) is 35.2 Å². The van der Waals surface area contributed by atoms with E-state index < -0.39 is 0 Å². The number of ether oxygens (including phenoxy) is 1. The van der Waals surface area contributed by atoms with Gasteiger partial charge in [-0.25, -0.2) is 4.79 Å². The van der Waals surface area contributed by atoms with Crippen molar-refractivity contribution in [1.29, 1.82) is 0 Å². The molecule has 0 unspecified atom stereocenters. The Morgan fingerprint density at radius 3 is 2.48 bits per heavy atom. The van der Waals surface area contributed by atoms with E-state index in [0.717, 1.165) is 23.4 Å². The molecule has 0 spiro atoms. The molecule has 0 fully saturated rings. The Kier molecular flexibility index (Phi) is 5.52. The van der Waals surface area contributed by atoms with Crippen molar-refractivity contribution >= 4 is 11.7 Å². The first-order valence-electron chi connectivity index (χ1n) is 10.1. The Bertz CT molecular complexity index is 980. The maximum atomic E-state index is 13.2. The van der Waals surface area contributed by atoms with E-state index in [9.17, 15) is 4.79 Å². The summed E-state index contributed by atoms with van der Waals surface area (Å²) >= 11 is 0. The van der Waals surface area contributed by atoms with Crippen molar-refractivity contribution < 1.29 is 9.53 Å². The molecule has 0 saturated carbocycles. The first-order chi connectivity index (χ1) is 14.2. The lowest BCUT2D eigenvalue weighted by atomic mass is 9.88. The summed E-state index contributed by atoms with van der Waals surface area (Å²) in [5.74, 6) is 0.801. The molecule has 0 aromatic heterocycles. The second kappa shape index (κ2) is 8.39. The molecule has 1 heterocycles. The number of rotatable bonds is 4. The average Bonchev–Trinajstić information content (AvgIpc) is 2.75. The number of aryl methyl sites for hydroxylation is 1. The lowest BCUT2D eigenvalue weighted by Gasteiger charge is -2.37. The number of nitrogens with one attached hydrogen (secondary N) is 1. The molecule has 148 valence electrons. The predicted molar refractivity (Wildman–Crippen MR) is 117 cm³/mol. The van der Waals surface area contributed by atoms with Gasteiger partial charge in [0.25, 0.3) is 0 Å². The summed E-state index contributed by atoms with van der Waals surface area (Å²) in [6.45, 7) is 5.33. The number of carbonyl (C=O) groups is 1. The van der Waals surface area contributed by atoms with Crippen LogP contribution >= 0.6 is 0 Å². The van der Waals surface area contributed by atoms with Gasteiger partial charge in [-0.2, -0.15) is 0 Å². The number of fused-ring (bicyclic) bond motifs is 1. The van der Waals surface area contributed by atoms with Crippen LogP contribution in [0.2, 0.25) is 0 Å². The Hall–Kier alpha value is -3.27. The van der Waals surface area contributed by atoms with E-state index in [-0.39, 0.29) is 12.1 Å². The summed E-state index contributed by atoms with van der Waals surface area (Å²) in [5.41, 5.74) is 5.61. The quantitative estimate of drug-likeness (QED) is 0.636. The highest BCUT2D eigenvalue weighted by molar-refractivity contribution is 5.90. The number of nitrogens with zero attached hydrogens (tertiary/aromatic N) is 1. The van der Waals surface area contributed by atoms with Gasteiger partial charge in [0.1, 0.15) is 5.75 Å². The maximum absolute atomic E-state index is 13.2. The monoisotopic (exact) mass is 386 g/mol. The van der Waals surface area contributed by atoms with E-state index in [4.69, 9.17) is 4.74 Å². The van der Waals surface area contributed by atoms with Gasteiger partial charge in [0.2, 0.25) is 0 Å². The van der Waals surface area contributed by atoms with E-state index in [0.29, 0.717) is 13.2 Å². The van der Waals surface area contributed by atoms with Crippen LogP contribution in [0.3, 0.4) is 0 Å². The predicted octanol–water partition coefficient (Wildman–Crippen LogP) is 5.57. The molecule has 4 rings (SSSR count).